The third-order valence-electron chi connectivity index (χ3n) is 2.74. The number of hydrogen-bond donors (Lipinski definition) is 1. The van der Waals surface area contributed by atoms with Crippen molar-refractivity contribution in [2.45, 2.75) is 26.5 Å². The van der Waals surface area contributed by atoms with E-state index in [1.807, 2.05) is 6.07 Å². The molecule has 0 bridgehead atoms. The molecule has 0 saturated carbocycles. The first-order valence-corrected chi connectivity index (χ1v) is 7.27. The van der Waals surface area contributed by atoms with E-state index in [0.29, 0.717) is 30.5 Å². The molecule has 0 spiro atoms. The lowest BCUT2D eigenvalue weighted by Crippen LogP contribution is -2.27. The van der Waals surface area contributed by atoms with Gasteiger partial charge in [0.15, 0.2) is 6.10 Å². The van der Waals surface area contributed by atoms with Crippen LogP contribution >= 0.6 is 11.6 Å². The molecule has 1 aromatic carbocycles. The van der Waals surface area contributed by atoms with E-state index in [1.54, 1.807) is 33.1 Å². The second kappa shape index (κ2) is 9.60. The molecule has 0 aliphatic heterocycles. The number of nitrogens with one attached hydrogen (secondary N) is 1. The van der Waals surface area contributed by atoms with E-state index < -0.39 is 6.10 Å². The molecule has 6 heteroatoms. The smallest absolute Gasteiger partial charge is 0.347 e. The zero-order valence-electron chi connectivity index (χ0n) is 12.6. The normalized spacial score (nSPS) is 12.0. The summed E-state index contributed by atoms with van der Waals surface area (Å²) < 4.78 is 15.6. The summed E-state index contributed by atoms with van der Waals surface area (Å²) in [6, 6.07) is 5.30. The maximum absolute atomic E-state index is 11.6. The molecule has 0 fully saturated rings. The van der Waals surface area contributed by atoms with Crippen LogP contribution in [0.5, 0.6) is 5.75 Å². The van der Waals surface area contributed by atoms with Gasteiger partial charge in [-0.3, -0.25) is 0 Å². The number of rotatable bonds is 9. The zero-order valence-corrected chi connectivity index (χ0v) is 13.4. The zero-order chi connectivity index (χ0) is 15.7. The van der Waals surface area contributed by atoms with Gasteiger partial charge in [0.25, 0.3) is 0 Å². The van der Waals surface area contributed by atoms with Gasteiger partial charge in [-0.25, -0.2) is 4.79 Å². The predicted molar refractivity (Wildman–Crippen MR) is 81.8 cm³/mol. The second-order valence-electron chi connectivity index (χ2n) is 4.43. The van der Waals surface area contributed by atoms with Crippen LogP contribution in [0, 0.1) is 0 Å². The Labute approximate surface area is 130 Å². The molecular weight excluding hydrogens is 294 g/mol. The van der Waals surface area contributed by atoms with Gasteiger partial charge in [0, 0.05) is 30.8 Å². The maximum Gasteiger partial charge on any atom is 0.347 e. The fourth-order valence-corrected chi connectivity index (χ4v) is 1.89. The molecule has 0 radical (unpaired) electrons. The van der Waals surface area contributed by atoms with Crippen LogP contribution in [0.15, 0.2) is 18.2 Å². The molecule has 0 aromatic heterocycles. The van der Waals surface area contributed by atoms with E-state index in [-0.39, 0.29) is 5.97 Å². The van der Waals surface area contributed by atoms with Gasteiger partial charge in [-0.15, -0.1) is 0 Å². The van der Waals surface area contributed by atoms with Gasteiger partial charge in [0.05, 0.1) is 13.2 Å². The third-order valence-corrected chi connectivity index (χ3v) is 2.98. The van der Waals surface area contributed by atoms with Crippen LogP contribution in [0.25, 0.3) is 0 Å². The number of ether oxygens (including phenoxy) is 3. The Balaban J connectivity index is 2.69. The van der Waals surface area contributed by atoms with Crippen LogP contribution < -0.4 is 10.1 Å². The minimum absolute atomic E-state index is 0.332. The Morgan fingerprint density at radius 1 is 1.43 bits per heavy atom. The molecule has 0 saturated heterocycles. The minimum Gasteiger partial charge on any atom is -0.479 e. The van der Waals surface area contributed by atoms with Crippen molar-refractivity contribution in [1.82, 2.24) is 5.32 Å². The summed E-state index contributed by atoms with van der Waals surface area (Å²) in [6.07, 6.45) is -0.663. The number of benzene rings is 1. The first-order valence-electron chi connectivity index (χ1n) is 6.89. The molecule has 1 atom stereocenters. The molecular formula is C15H22ClNO4. The van der Waals surface area contributed by atoms with Crippen molar-refractivity contribution >= 4 is 17.6 Å². The molecule has 118 valence electrons. The van der Waals surface area contributed by atoms with Gasteiger partial charge in [-0.2, -0.15) is 0 Å². The van der Waals surface area contributed by atoms with E-state index in [9.17, 15) is 4.79 Å². The average Bonchev–Trinajstić information content (AvgIpc) is 2.46. The number of carbonyl (C=O) groups excluding carboxylic acids is 1. The maximum atomic E-state index is 11.6. The van der Waals surface area contributed by atoms with Gasteiger partial charge < -0.3 is 19.5 Å². The number of carbonyl (C=O) groups is 1. The number of esters is 1. The molecule has 1 rings (SSSR count). The van der Waals surface area contributed by atoms with Crippen LogP contribution in [-0.4, -0.2) is 38.9 Å². The van der Waals surface area contributed by atoms with Crippen molar-refractivity contribution in [3.63, 3.8) is 0 Å². The average molecular weight is 316 g/mol. The molecule has 0 heterocycles. The molecule has 0 aliphatic rings. The van der Waals surface area contributed by atoms with Gasteiger partial charge in [0.2, 0.25) is 0 Å². The van der Waals surface area contributed by atoms with Gasteiger partial charge >= 0.3 is 5.97 Å². The monoisotopic (exact) mass is 315 g/mol. The predicted octanol–water partition coefficient (Wildman–Crippen LogP) is 2.41. The summed E-state index contributed by atoms with van der Waals surface area (Å²) in [5.41, 5.74) is 0.884. The van der Waals surface area contributed by atoms with Crippen molar-refractivity contribution in [1.29, 1.82) is 0 Å². The lowest BCUT2D eigenvalue weighted by atomic mass is 10.2. The van der Waals surface area contributed by atoms with Crippen LogP contribution in [0.4, 0.5) is 0 Å². The van der Waals surface area contributed by atoms with E-state index in [0.717, 1.165) is 12.1 Å². The molecule has 1 aromatic rings. The van der Waals surface area contributed by atoms with Crippen LogP contribution in [0.3, 0.4) is 0 Å². The van der Waals surface area contributed by atoms with Crippen LogP contribution in [0.2, 0.25) is 5.02 Å². The van der Waals surface area contributed by atoms with Crippen molar-refractivity contribution in [3.05, 3.63) is 28.8 Å². The first kappa shape index (κ1) is 17.8. The Hall–Kier alpha value is -1.30. The third kappa shape index (κ3) is 6.33. The molecule has 5 nitrogen and oxygen atoms in total. The number of methoxy groups -OCH3 is 1. The largest absolute Gasteiger partial charge is 0.479 e. The van der Waals surface area contributed by atoms with Gasteiger partial charge in [-0.05, 0) is 32.0 Å². The van der Waals surface area contributed by atoms with E-state index >= 15 is 0 Å². The molecule has 0 aliphatic carbocycles. The molecule has 21 heavy (non-hydrogen) atoms. The van der Waals surface area contributed by atoms with Crippen LogP contribution in [0.1, 0.15) is 19.4 Å². The lowest BCUT2D eigenvalue weighted by molar-refractivity contribution is -0.150. The van der Waals surface area contributed by atoms with Gasteiger partial charge in [-0.1, -0.05) is 11.6 Å². The highest BCUT2D eigenvalue weighted by Crippen LogP contribution is 2.24. The van der Waals surface area contributed by atoms with Crippen molar-refractivity contribution < 1.29 is 19.0 Å². The highest BCUT2D eigenvalue weighted by Gasteiger charge is 2.17. The SMILES string of the molecule is CCOC(=O)C(C)Oc1ccc(Cl)cc1CNCCOC. The van der Waals surface area contributed by atoms with Crippen LogP contribution in [-0.2, 0) is 20.8 Å². The van der Waals surface area contributed by atoms with Crippen molar-refractivity contribution in [2.75, 3.05) is 26.9 Å². The number of halogens is 1. The summed E-state index contributed by atoms with van der Waals surface area (Å²) in [7, 11) is 1.65. The second-order valence-corrected chi connectivity index (χ2v) is 4.87. The van der Waals surface area contributed by atoms with Crippen molar-refractivity contribution in [2.24, 2.45) is 0 Å². The summed E-state index contributed by atoms with van der Waals surface area (Å²) in [6.45, 7) is 5.67. The fraction of sp³-hybridized carbons (Fsp3) is 0.533. The number of hydrogen-bond acceptors (Lipinski definition) is 5. The Morgan fingerprint density at radius 3 is 2.86 bits per heavy atom. The highest BCUT2D eigenvalue weighted by molar-refractivity contribution is 6.30. The molecule has 0 amide bonds. The fourth-order valence-electron chi connectivity index (χ4n) is 1.70. The van der Waals surface area contributed by atoms with E-state index in [1.165, 1.54) is 0 Å². The summed E-state index contributed by atoms with van der Waals surface area (Å²) in [5, 5.41) is 3.84. The van der Waals surface area contributed by atoms with E-state index in [2.05, 4.69) is 5.32 Å². The lowest BCUT2D eigenvalue weighted by Gasteiger charge is -2.17. The Kier molecular flexibility index (Phi) is 8.12. The summed E-state index contributed by atoms with van der Waals surface area (Å²) in [5.74, 6) is 0.232. The quantitative estimate of drug-likeness (QED) is 0.560. The summed E-state index contributed by atoms with van der Waals surface area (Å²) in [4.78, 5) is 11.6. The standard InChI is InChI=1S/C15H22ClNO4/c1-4-20-15(18)11(2)21-14-6-5-13(16)9-12(14)10-17-7-8-19-3/h5-6,9,11,17H,4,7-8,10H2,1-3H3. The molecule has 1 N–H and O–H groups in total. The molecule has 1 unspecified atom stereocenters. The topological polar surface area (TPSA) is 56.8 Å². The Morgan fingerprint density at radius 2 is 2.19 bits per heavy atom. The van der Waals surface area contributed by atoms with Gasteiger partial charge in [0.1, 0.15) is 5.75 Å². The minimum atomic E-state index is -0.663. The first-order chi connectivity index (χ1) is 10.1. The highest BCUT2D eigenvalue weighted by atomic mass is 35.5. The summed E-state index contributed by atoms with van der Waals surface area (Å²) >= 11 is 6.01. The van der Waals surface area contributed by atoms with E-state index in [4.69, 9.17) is 25.8 Å². The Bertz CT molecular complexity index is 453. The van der Waals surface area contributed by atoms with Crippen molar-refractivity contribution in [3.8, 4) is 5.75 Å².